The zero-order valence-electron chi connectivity index (χ0n) is 14.0. The minimum Gasteiger partial charge on any atom is -0.497 e. The summed E-state index contributed by atoms with van der Waals surface area (Å²) in [6.45, 7) is 2.39. The minimum absolute atomic E-state index is 0.478. The predicted octanol–water partition coefficient (Wildman–Crippen LogP) is 2.18. The van der Waals surface area contributed by atoms with Crippen LogP contribution in [-0.2, 0) is 9.59 Å². The van der Waals surface area contributed by atoms with Gasteiger partial charge in [-0.3, -0.25) is 9.59 Å². The quantitative estimate of drug-likeness (QED) is 0.479. The second-order valence-corrected chi connectivity index (χ2v) is 4.85. The number of carbonyl (C=O) groups excluding carboxylic acids is 2. The minimum atomic E-state index is -0.874. The molecule has 0 unspecified atom stereocenters. The zero-order valence-corrected chi connectivity index (χ0v) is 14.0. The first-order valence-corrected chi connectivity index (χ1v) is 7.64. The first-order chi connectivity index (χ1) is 12.1. The van der Waals surface area contributed by atoms with Crippen molar-refractivity contribution in [3.05, 3.63) is 54.1 Å². The van der Waals surface area contributed by atoms with E-state index in [0.29, 0.717) is 29.4 Å². The number of amides is 2. The van der Waals surface area contributed by atoms with Gasteiger partial charge in [0.1, 0.15) is 11.5 Å². The van der Waals surface area contributed by atoms with Crippen molar-refractivity contribution in [2.75, 3.05) is 19.0 Å². The molecule has 130 valence electrons. The van der Waals surface area contributed by atoms with Gasteiger partial charge < -0.3 is 14.8 Å². The molecule has 0 aliphatic rings. The molecule has 0 aliphatic carbocycles. The van der Waals surface area contributed by atoms with Gasteiger partial charge in [-0.1, -0.05) is 12.1 Å². The number of rotatable bonds is 6. The first kappa shape index (κ1) is 18.0. The van der Waals surface area contributed by atoms with Crippen LogP contribution in [0.5, 0.6) is 11.5 Å². The van der Waals surface area contributed by atoms with Gasteiger partial charge in [-0.15, -0.1) is 0 Å². The van der Waals surface area contributed by atoms with Gasteiger partial charge in [0, 0.05) is 11.3 Å². The fourth-order valence-corrected chi connectivity index (χ4v) is 1.95. The summed E-state index contributed by atoms with van der Waals surface area (Å²) in [6, 6.07) is 13.9. The summed E-state index contributed by atoms with van der Waals surface area (Å²) in [5.41, 5.74) is 3.35. The Kier molecular flexibility index (Phi) is 6.53. The highest BCUT2D eigenvalue weighted by Crippen LogP contribution is 2.16. The summed E-state index contributed by atoms with van der Waals surface area (Å²) in [7, 11) is 1.54. The topological polar surface area (TPSA) is 89.0 Å². The van der Waals surface area contributed by atoms with E-state index in [0.717, 1.165) is 0 Å². The van der Waals surface area contributed by atoms with E-state index in [1.807, 2.05) is 19.1 Å². The number of hydrogen-bond donors (Lipinski definition) is 2. The van der Waals surface area contributed by atoms with Crippen LogP contribution in [0.1, 0.15) is 12.5 Å². The molecular weight excluding hydrogens is 322 g/mol. The molecule has 2 amide bonds. The number of anilines is 1. The average molecular weight is 341 g/mol. The van der Waals surface area contributed by atoms with Gasteiger partial charge in [0.15, 0.2) is 0 Å². The SMILES string of the molecule is CCOc1ccccc1/C=N/NC(=O)C(=O)Nc1ccc(OC)cc1. The van der Waals surface area contributed by atoms with E-state index >= 15 is 0 Å². The molecule has 2 N–H and O–H groups in total. The molecule has 0 bridgehead atoms. The van der Waals surface area contributed by atoms with Crippen molar-refractivity contribution in [3.63, 3.8) is 0 Å². The molecule has 2 rings (SSSR count). The summed E-state index contributed by atoms with van der Waals surface area (Å²) >= 11 is 0. The maximum Gasteiger partial charge on any atom is 0.329 e. The van der Waals surface area contributed by atoms with E-state index in [9.17, 15) is 9.59 Å². The van der Waals surface area contributed by atoms with E-state index in [-0.39, 0.29) is 0 Å². The van der Waals surface area contributed by atoms with Gasteiger partial charge in [0.05, 0.1) is 19.9 Å². The van der Waals surface area contributed by atoms with Crippen LogP contribution in [-0.4, -0.2) is 31.7 Å². The van der Waals surface area contributed by atoms with Gasteiger partial charge >= 0.3 is 11.8 Å². The molecule has 0 atom stereocenters. The van der Waals surface area contributed by atoms with Gasteiger partial charge in [0.25, 0.3) is 0 Å². The highest BCUT2D eigenvalue weighted by molar-refractivity contribution is 6.39. The van der Waals surface area contributed by atoms with E-state index < -0.39 is 11.8 Å². The van der Waals surface area contributed by atoms with Crippen molar-refractivity contribution in [3.8, 4) is 11.5 Å². The van der Waals surface area contributed by atoms with Crippen molar-refractivity contribution in [2.45, 2.75) is 6.92 Å². The molecule has 0 aromatic heterocycles. The maximum absolute atomic E-state index is 11.8. The Labute approximate surface area is 145 Å². The maximum atomic E-state index is 11.8. The number of benzene rings is 2. The van der Waals surface area contributed by atoms with Gasteiger partial charge in [-0.25, -0.2) is 5.43 Å². The molecule has 0 spiro atoms. The van der Waals surface area contributed by atoms with Crippen LogP contribution in [0.25, 0.3) is 0 Å². The number of hydrogen-bond acceptors (Lipinski definition) is 5. The third-order valence-electron chi connectivity index (χ3n) is 3.14. The average Bonchev–Trinajstić information content (AvgIpc) is 2.64. The van der Waals surface area contributed by atoms with E-state index in [4.69, 9.17) is 9.47 Å². The fraction of sp³-hybridized carbons (Fsp3) is 0.167. The summed E-state index contributed by atoms with van der Waals surface area (Å²) < 4.78 is 10.5. The van der Waals surface area contributed by atoms with Crippen molar-refractivity contribution < 1.29 is 19.1 Å². The Bertz CT molecular complexity index is 757. The smallest absolute Gasteiger partial charge is 0.329 e. The standard InChI is InChI=1S/C18H19N3O4/c1-3-25-16-7-5-4-6-13(16)12-19-21-18(23)17(22)20-14-8-10-15(24-2)11-9-14/h4-12H,3H2,1-2H3,(H,20,22)(H,21,23)/b19-12+. The third kappa shape index (κ3) is 5.35. The van der Waals surface area contributed by atoms with Crippen molar-refractivity contribution in [2.24, 2.45) is 5.10 Å². The predicted molar refractivity (Wildman–Crippen MR) is 95.0 cm³/mol. The van der Waals surface area contributed by atoms with Crippen LogP contribution in [0.15, 0.2) is 53.6 Å². The van der Waals surface area contributed by atoms with E-state index in [2.05, 4.69) is 15.8 Å². The Morgan fingerprint density at radius 2 is 1.80 bits per heavy atom. The Hall–Kier alpha value is -3.35. The number of ether oxygens (including phenoxy) is 2. The normalized spacial score (nSPS) is 10.3. The number of carbonyl (C=O) groups is 2. The van der Waals surface area contributed by atoms with E-state index in [1.165, 1.54) is 6.21 Å². The molecule has 0 radical (unpaired) electrons. The molecule has 0 saturated heterocycles. The van der Waals surface area contributed by atoms with E-state index in [1.54, 1.807) is 43.5 Å². The lowest BCUT2D eigenvalue weighted by Gasteiger charge is -2.06. The van der Waals surface area contributed by atoms with Gasteiger partial charge in [0.2, 0.25) is 0 Å². The lowest BCUT2D eigenvalue weighted by atomic mass is 10.2. The fourth-order valence-electron chi connectivity index (χ4n) is 1.95. The van der Waals surface area contributed by atoms with Crippen molar-refractivity contribution in [1.82, 2.24) is 5.43 Å². The molecular formula is C18H19N3O4. The van der Waals surface area contributed by atoms with Crippen LogP contribution in [0.2, 0.25) is 0 Å². The molecule has 0 fully saturated rings. The number of nitrogens with zero attached hydrogens (tertiary/aromatic N) is 1. The lowest BCUT2D eigenvalue weighted by molar-refractivity contribution is -0.136. The van der Waals surface area contributed by atoms with Gasteiger partial charge in [-0.2, -0.15) is 5.10 Å². The highest BCUT2D eigenvalue weighted by atomic mass is 16.5. The zero-order chi connectivity index (χ0) is 18.1. The summed E-state index contributed by atoms with van der Waals surface area (Å²) in [5, 5.41) is 6.26. The van der Waals surface area contributed by atoms with Crippen LogP contribution in [0.3, 0.4) is 0 Å². The Morgan fingerprint density at radius 3 is 2.48 bits per heavy atom. The van der Waals surface area contributed by atoms with Crippen LogP contribution >= 0.6 is 0 Å². The molecule has 7 heteroatoms. The number of para-hydroxylation sites is 1. The molecule has 0 aliphatic heterocycles. The Morgan fingerprint density at radius 1 is 1.08 bits per heavy atom. The van der Waals surface area contributed by atoms with Crippen LogP contribution < -0.4 is 20.2 Å². The second kappa shape index (κ2) is 9.07. The van der Waals surface area contributed by atoms with Crippen molar-refractivity contribution in [1.29, 1.82) is 0 Å². The summed E-state index contributed by atoms with van der Waals surface area (Å²) in [4.78, 5) is 23.6. The number of nitrogens with one attached hydrogen (secondary N) is 2. The lowest BCUT2D eigenvalue weighted by Crippen LogP contribution is -2.32. The molecule has 2 aromatic carbocycles. The van der Waals surface area contributed by atoms with Crippen molar-refractivity contribution >= 4 is 23.7 Å². The molecule has 7 nitrogen and oxygen atoms in total. The first-order valence-electron chi connectivity index (χ1n) is 7.64. The molecule has 0 heterocycles. The second-order valence-electron chi connectivity index (χ2n) is 4.85. The summed E-state index contributed by atoms with van der Waals surface area (Å²) in [6.07, 6.45) is 1.42. The molecule has 25 heavy (non-hydrogen) atoms. The third-order valence-corrected chi connectivity index (χ3v) is 3.14. The Balaban J connectivity index is 1.91. The number of methoxy groups -OCH3 is 1. The van der Waals surface area contributed by atoms with Gasteiger partial charge in [-0.05, 0) is 43.3 Å². The molecule has 0 saturated carbocycles. The highest BCUT2D eigenvalue weighted by Gasteiger charge is 2.12. The van der Waals surface area contributed by atoms with Crippen LogP contribution in [0.4, 0.5) is 5.69 Å². The van der Waals surface area contributed by atoms with Crippen LogP contribution in [0, 0.1) is 0 Å². The molecule has 2 aromatic rings. The largest absolute Gasteiger partial charge is 0.497 e. The number of hydrazone groups is 1. The summed E-state index contributed by atoms with van der Waals surface area (Å²) in [5.74, 6) is -0.396. The monoisotopic (exact) mass is 341 g/mol.